The fraction of sp³-hybridized carbons (Fsp3) is 0.743. The van der Waals surface area contributed by atoms with E-state index in [9.17, 15) is 0 Å². The molecule has 0 spiro atoms. The highest BCUT2D eigenvalue weighted by atomic mass is 15.0. The van der Waals surface area contributed by atoms with E-state index in [2.05, 4.69) is 60.8 Å². The third-order valence-electron chi connectivity index (χ3n) is 8.38. The second kappa shape index (κ2) is 21.4. The molecule has 0 aliphatic carbocycles. The minimum absolute atomic E-state index is 0.396. The Hall–Kier alpha value is -1.57. The lowest BCUT2D eigenvalue weighted by atomic mass is 9.83. The molecule has 2 rings (SSSR count). The molecule has 0 saturated heterocycles. The average Bonchev–Trinajstić information content (AvgIpc) is 3.45. The fourth-order valence-electron chi connectivity index (χ4n) is 6.09. The molecule has 0 N–H and O–H groups in total. The van der Waals surface area contributed by atoms with E-state index < -0.39 is 0 Å². The number of aromatic nitrogens is 2. The molecular formula is C35H60N2. The van der Waals surface area contributed by atoms with Crippen molar-refractivity contribution in [2.45, 2.75) is 168 Å². The Morgan fingerprint density at radius 3 is 1.49 bits per heavy atom. The zero-order valence-electron chi connectivity index (χ0n) is 24.9. The molecule has 0 aliphatic heterocycles. The zero-order valence-corrected chi connectivity index (χ0v) is 24.9. The summed E-state index contributed by atoms with van der Waals surface area (Å²) in [5.41, 5.74) is 3.13. The number of hydrogen-bond acceptors (Lipinski definition) is 1. The largest absolute Gasteiger partial charge is 0.330 e. The van der Waals surface area contributed by atoms with Crippen molar-refractivity contribution in [2.24, 2.45) is 0 Å². The van der Waals surface area contributed by atoms with Gasteiger partial charge in [0.15, 0.2) is 0 Å². The van der Waals surface area contributed by atoms with Crippen molar-refractivity contribution in [3.05, 3.63) is 54.1 Å². The van der Waals surface area contributed by atoms with Gasteiger partial charge in [-0.05, 0) is 36.3 Å². The van der Waals surface area contributed by atoms with Gasteiger partial charge in [-0.2, -0.15) is 0 Å². The number of rotatable bonds is 24. The molecule has 37 heavy (non-hydrogen) atoms. The van der Waals surface area contributed by atoms with Gasteiger partial charge in [-0.15, -0.1) is 0 Å². The van der Waals surface area contributed by atoms with Gasteiger partial charge in [0.05, 0.1) is 12.4 Å². The lowest BCUT2D eigenvalue weighted by molar-refractivity contribution is 0.475. The SMILES string of the molecule is CCCCCCCCCCCCCCC[C@H](CCCCCCC)c1ccccc1C(CC)n1ccnc1. The highest BCUT2D eigenvalue weighted by Crippen LogP contribution is 2.35. The molecule has 0 fully saturated rings. The zero-order chi connectivity index (χ0) is 26.4. The smallest absolute Gasteiger partial charge is 0.0951 e. The topological polar surface area (TPSA) is 17.8 Å². The first kappa shape index (κ1) is 31.6. The van der Waals surface area contributed by atoms with E-state index in [1.165, 1.54) is 134 Å². The first-order valence-electron chi connectivity index (χ1n) is 16.4. The molecule has 0 radical (unpaired) electrons. The van der Waals surface area contributed by atoms with Crippen molar-refractivity contribution in [2.75, 3.05) is 0 Å². The van der Waals surface area contributed by atoms with E-state index in [4.69, 9.17) is 0 Å². The van der Waals surface area contributed by atoms with Gasteiger partial charge in [-0.3, -0.25) is 0 Å². The maximum absolute atomic E-state index is 4.35. The fourth-order valence-corrected chi connectivity index (χ4v) is 6.09. The third-order valence-corrected chi connectivity index (χ3v) is 8.38. The summed E-state index contributed by atoms with van der Waals surface area (Å²) in [4.78, 5) is 4.35. The van der Waals surface area contributed by atoms with Crippen LogP contribution in [0.25, 0.3) is 0 Å². The molecule has 1 aromatic heterocycles. The summed E-state index contributed by atoms with van der Waals surface area (Å²) in [6.45, 7) is 6.93. The molecule has 2 nitrogen and oxygen atoms in total. The highest BCUT2D eigenvalue weighted by molar-refractivity contribution is 5.33. The lowest BCUT2D eigenvalue weighted by Crippen LogP contribution is -2.13. The Morgan fingerprint density at radius 1 is 0.595 bits per heavy atom. The van der Waals surface area contributed by atoms with Crippen LogP contribution in [0.2, 0.25) is 0 Å². The second-order valence-corrected chi connectivity index (χ2v) is 11.5. The molecule has 0 aliphatic rings. The molecule has 2 aromatic rings. The maximum Gasteiger partial charge on any atom is 0.0951 e. The van der Waals surface area contributed by atoms with Gasteiger partial charge in [0.1, 0.15) is 0 Å². The van der Waals surface area contributed by atoms with Crippen LogP contribution in [0.5, 0.6) is 0 Å². The van der Waals surface area contributed by atoms with Gasteiger partial charge in [-0.1, -0.05) is 161 Å². The molecule has 0 bridgehead atoms. The number of hydrogen-bond donors (Lipinski definition) is 0. The summed E-state index contributed by atoms with van der Waals surface area (Å²) in [5, 5.41) is 0. The molecular weight excluding hydrogens is 448 g/mol. The summed E-state index contributed by atoms with van der Waals surface area (Å²) in [6.07, 6.45) is 35.4. The Bertz CT molecular complexity index is 750. The van der Waals surface area contributed by atoms with Crippen molar-refractivity contribution in [1.82, 2.24) is 9.55 Å². The summed E-state index contributed by atoms with van der Waals surface area (Å²) in [6, 6.07) is 9.73. The van der Waals surface area contributed by atoms with Gasteiger partial charge in [0, 0.05) is 12.4 Å². The molecule has 210 valence electrons. The van der Waals surface area contributed by atoms with E-state index >= 15 is 0 Å². The summed E-state index contributed by atoms with van der Waals surface area (Å²) < 4.78 is 2.31. The molecule has 0 saturated carbocycles. The molecule has 1 unspecified atom stereocenters. The van der Waals surface area contributed by atoms with Crippen molar-refractivity contribution < 1.29 is 0 Å². The van der Waals surface area contributed by atoms with Gasteiger partial charge >= 0.3 is 0 Å². The monoisotopic (exact) mass is 508 g/mol. The predicted octanol–water partition coefficient (Wildman–Crippen LogP) is 11.8. The predicted molar refractivity (Wildman–Crippen MR) is 164 cm³/mol. The Labute approximate surface area is 231 Å². The van der Waals surface area contributed by atoms with Crippen LogP contribution in [0.15, 0.2) is 43.0 Å². The van der Waals surface area contributed by atoms with Crippen LogP contribution < -0.4 is 0 Å². The third kappa shape index (κ3) is 13.2. The van der Waals surface area contributed by atoms with E-state index in [1.54, 1.807) is 5.56 Å². The van der Waals surface area contributed by atoms with Crippen molar-refractivity contribution in [3.8, 4) is 0 Å². The second-order valence-electron chi connectivity index (χ2n) is 11.5. The standard InChI is InChI=1S/C35H60N2/c1-4-7-9-11-12-13-14-15-16-17-18-20-22-26-32(25-21-19-10-8-5-2)33-27-23-24-28-34(33)35(6-3)37-30-29-36-31-37/h23-24,27-32,35H,4-22,25-26H2,1-3H3/t32-,35?/m0/s1. The highest BCUT2D eigenvalue weighted by Gasteiger charge is 2.20. The van der Waals surface area contributed by atoms with E-state index in [0.717, 1.165) is 6.42 Å². The van der Waals surface area contributed by atoms with E-state index in [-0.39, 0.29) is 0 Å². The Kier molecular flexibility index (Phi) is 18.3. The number of nitrogens with zero attached hydrogens (tertiary/aromatic N) is 2. The van der Waals surface area contributed by atoms with Crippen molar-refractivity contribution >= 4 is 0 Å². The van der Waals surface area contributed by atoms with Gasteiger partial charge in [0.25, 0.3) is 0 Å². The first-order valence-corrected chi connectivity index (χ1v) is 16.4. The Balaban J connectivity index is 1.81. The normalized spacial score (nSPS) is 13.2. The quantitative estimate of drug-likeness (QED) is 0.129. The van der Waals surface area contributed by atoms with Crippen LogP contribution in [-0.4, -0.2) is 9.55 Å². The summed E-state index contributed by atoms with van der Waals surface area (Å²) in [7, 11) is 0. The van der Waals surface area contributed by atoms with Crippen LogP contribution in [0.1, 0.15) is 179 Å². The molecule has 2 atom stereocenters. The van der Waals surface area contributed by atoms with Crippen molar-refractivity contribution in [1.29, 1.82) is 0 Å². The van der Waals surface area contributed by atoms with Gasteiger partial charge in [0.2, 0.25) is 0 Å². The van der Waals surface area contributed by atoms with Crippen molar-refractivity contribution in [3.63, 3.8) is 0 Å². The molecule has 0 amide bonds. The van der Waals surface area contributed by atoms with E-state index in [0.29, 0.717) is 12.0 Å². The van der Waals surface area contributed by atoms with Crippen LogP contribution in [0.3, 0.4) is 0 Å². The lowest BCUT2D eigenvalue weighted by Gasteiger charge is -2.26. The number of unbranched alkanes of at least 4 members (excludes halogenated alkanes) is 16. The van der Waals surface area contributed by atoms with E-state index in [1.807, 2.05) is 12.5 Å². The van der Waals surface area contributed by atoms with Crippen LogP contribution in [-0.2, 0) is 0 Å². The van der Waals surface area contributed by atoms with Crippen LogP contribution in [0.4, 0.5) is 0 Å². The van der Waals surface area contributed by atoms with Gasteiger partial charge < -0.3 is 4.57 Å². The van der Waals surface area contributed by atoms with Gasteiger partial charge in [-0.25, -0.2) is 4.98 Å². The summed E-state index contributed by atoms with van der Waals surface area (Å²) in [5.74, 6) is 0.697. The Morgan fingerprint density at radius 2 is 1.05 bits per heavy atom. The number of imidazole rings is 1. The minimum Gasteiger partial charge on any atom is -0.330 e. The number of benzene rings is 1. The first-order chi connectivity index (χ1) is 18.3. The molecule has 1 aromatic carbocycles. The molecule has 2 heteroatoms. The van der Waals surface area contributed by atoms with Crippen LogP contribution in [0, 0.1) is 0 Å². The minimum atomic E-state index is 0.396. The average molecular weight is 509 g/mol. The van der Waals surface area contributed by atoms with Crippen LogP contribution >= 0.6 is 0 Å². The summed E-state index contributed by atoms with van der Waals surface area (Å²) >= 11 is 0. The maximum atomic E-state index is 4.35. The molecule has 1 heterocycles.